The van der Waals surface area contributed by atoms with E-state index < -0.39 is 0 Å². The fourth-order valence-corrected chi connectivity index (χ4v) is 5.22. The molecule has 170 valence electrons. The summed E-state index contributed by atoms with van der Waals surface area (Å²) < 4.78 is 6.98. The van der Waals surface area contributed by atoms with Crippen LogP contribution in [0.4, 0.5) is 5.82 Å². The number of aryl methyl sites for hydroxylation is 1. The van der Waals surface area contributed by atoms with E-state index in [1.165, 1.54) is 30.6 Å². The van der Waals surface area contributed by atoms with Crippen LogP contribution >= 0.6 is 11.3 Å². The van der Waals surface area contributed by atoms with E-state index in [-0.39, 0.29) is 11.8 Å². The van der Waals surface area contributed by atoms with Crippen LogP contribution in [-0.2, 0) is 4.79 Å². The van der Waals surface area contributed by atoms with Crippen LogP contribution in [0.3, 0.4) is 0 Å². The van der Waals surface area contributed by atoms with E-state index in [1.807, 2.05) is 42.6 Å². The van der Waals surface area contributed by atoms with Gasteiger partial charge in [-0.25, -0.2) is 4.98 Å². The molecule has 0 spiro atoms. The van der Waals surface area contributed by atoms with Crippen LogP contribution in [0.2, 0.25) is 0 Å². The molecule has 2 aromatic heterocycles. The lowest BCUT2D eigenvalue weighted by atomic mass is 9.79. The molecule has 1 N–H and O–H groups in total. The number of unbranched alkanes of at least 4 members (excludes halogenated alkanes) is 1. The van der Waals surface area contributed by atoms with E-state index in [4.69, 9.17) is 9.72 Å². The maximum atomic E-state index is 13.0. The molecule has 6 nitrogen and oxygen atoms in total. The number of rotatable bonds is 8. The first kappa shape index (κ1) is 22.5. The molecule has 32 heavy (non-hydrogen) atoms. The molecule has 0 saturated heterocycles. The van der Waals surface area contributed by atoms with Gasteiger partial charge in [-0.2, -0.15) is 9.78 Å². The van der Waals surface area contributed by atoms with Gasteiger partial charge in [-0.05, 0) is 62.8 Å². The minimum Gasteiger partial charge on any atom is -0.497 e. The third-order valence-electron chi connectivity index (χ3n) is 6.33. The van der Waals surface area contributed by atoms with Gasteiger partial charge in [-0.15, -0.1) is 11.3 Å². The van der Waals surface area contributed by atoms with E-state index in [9.17, 15) is 4.79 Å². The summed E-state index contributed by atoms with van der Waals surface area (Å²) in [4.78, 5) is 17.8. The first-order chi connectivity index (χ1) is 15.6. The average Bonchev–Trinajstić information content (AvgIpc) is 3.44. The van der Waals surface area contributed by atoms with Crippen molar-refractivity contribution in [1.82, 2.24) is 14.8 Å². The SMILES string of the molecule is CCCCC1CCC(C(=O)Nc2cc(C)nn2-c2nc(-c3ccc(OC)cc3)cs2)CC1. The number of nitrogens with one attached hydrogen (secondary N) is 1. The largest absolute Gasteiger partial charge is 0.497 e. The highest BCUT2D eigenvalue weighted by atomic mass is 32.1. The molecule has 1 aliphatic rings. The first-order valence-corrected chi connectivity index (χ1v) is 12.4. The average molecular weight is 453 g/mol. The third kappa shape index (κ3) is 5.21. The smallest absolute Gasteiger partial charge is 0.228 e. The predicted molar refractivity (Wildman–Crippen MR) is 130 cm³/mol. The number of anilines is 1. The highest BCUT2D eigenvalue weighted by Crippen LogP contribution is 2.33. The molecule has 0 radical (unpaired) electrons. The minimum absolute atomic E-state index is 0.0858. The van der Waals surface area contributed by atoms with Crippen LogP contribution in [0.1, 0.15) is 57.6 Å². The molecule has 4 rings (SSSR count). The number of benzene rings is 1. The van der Waals surface area contributed by atoms with Crippen LogP contribution in [0.15, 0.2) is 35.7 Å². The minimum atomic E-state index is 0.0858. The van der Waals surface area contributed by atoms with Gasteiger partial charge in [0, 0.05) is 22.9 Å². The molecule has 1 aliphatic carbocycles. The lowest BCUT2D eigenvalue weighted by Gasteiger charge is -2.27. The second-order valence-corrected chi connectivity index (χ2v) is 9.51. The molecule has 0 unspecified atom stereocenters. The zero-order valence-electron chi connectivity index (χ0n) is 19.1. The predicted octanol–water partition coefficient (Wildman–Crippen LogP) is 6.25. The summed E-state index contributed by atoms with van der Waals surface area (Å²) in [6.45, 7) is 4.18. The van der Waals surface area contributed by atoms with Crippen molar-refractivity contribution in [2.45, 2.75) is 58.8 Å². The van der Waals surface area contributed by atoms with E-state index >= 15 is 0 Å². The van der Waals surface area contributed by atoms with Gasteiger partial charge < -0.3 is 10.1 Å². The second-order valence-electron chi connectivity index (χ2n) is 8.68. The van der Waals surface area contributed by atoms with Gasteiger partial charge >= 0.3 is 0 Å². The molecule has 1 aromatic carbocycles. The highest BCUT2D eigenvalue weighted by Gasteiger charge is 2.27. The molecular formula is C25H32N4O2S. The zero-order chi connectivity index (χ0) is 22.5. The summed E-state index contributed by atoms with van der Waals surface area (Å²) in [6.07, 6.45) is 8.13. The second kappa shape index (κ2) is 10.3. The standard InChI is InChI=1S/C25H32N4O2S/c1-4-5-6-18-7-9-20(10-8-18)24(30)27-23-15-17(2)28-29(23)25-26-22(16-32-25)19-11-13-21(31-3)14-12-19/h11-16,18,20H,4-10H2,1-3H3,(H,27,30). The summed E-state index contributed by atoms with van der Waals surface area (Å²) >= 11 is 1.51. The van der Waals surface area contributed by atoms with Crippen molar-refractivity contribution in [3.63, 3.8) is 0 Å². The van der Waals surface area contributed by atoms with Crippen LogP contribution in [-0.4, -0.2) is 27.8 Å². The highest BCUT2D eigenvalue weighted by molar-refractivity contribution is 7.12. The number of thiazole rings is 1. The first-order valence-electron chi connectivity index (χ1n) is 11.5. The van der Waals surface area contributed by atoms with E-state index in [1.54, 1.807) is 11.8 Å². The summed E-state index contributed by atoms with van der Waals surface area (Å²) in [6, 6.07) is 9.75. The monoisotopic (exact) mass is 452 g/mol. The topological polar surface area (TPSA) is 69.0 Å². The summed E-state index contributed by atoms with van der Waals surface area (Å²) in [5.74, 6) is 2.49. The number of amides is 1. The number of nitrogens with zero attached hydrogens (tertiary/aromatic N) is 3. The van der Waals surface area contributed by atoms with Crippen LogP contribution in [0, 0.1) is 18.8 Å². The van der Waals surface area contributed by atoms with Gasteiger partial charge in [0.05, 0.1) is 18.5 Å². The maximum Gasteiger partial charge on any atom is 0.228 e. The van der Waals surface area contributed by atoms with Crippen molar-refractivity contribution in [1.29, 1.82) is 0 Å². The Morgan fingerprint density at radius 1 is 1.22 bits per heavy atom. The molecule has 1 fully saturated rings. The number of hydrogen-bond donors (Lipinski definition) is 1. The molecule has 0 atom stereocenters. The lowest BCUT2D eigenvalue weighted by Crippen LogP contribution is -2.28. The van der Waals surface area contributed by atoms with E-state index in [0.717, 1.165) is 59.4 Å². The number of carbonyl (C=O) groups is 1. The van der Waals surface area contributed by atoms with Gasteiger partial charge in [0.2, 0.25) is 11.0 Å². The van der Waals surface area contributed by atoms with Gasteiger partial charge in [0.15, 0.2) is 0 Å². The normalized spacial score (nSPS) is 18.5. The molecule has 3 aromatic rings. The fourth-order valence-electron chi connectivity index (χ4n) is 4.42. The van der Waals surface area contributed by atoms with Gasteiger partial charge in [-0.3, -0.25) is 4.79 Å². The van der Waals surface area contributed by atoms with Gasteiger partial charge in [-0.1, -0.05) is 26.2 Å². The van der Waals surface area contributed by atoms with Gasteiger partial charge in [0.1, 0.15) is 11.6 Å². The van der Waals surface area contributed by atoms with Crippen molar-refractivity contribution >= 4 is 23.1 Å². The number of carbonyl (C=O) groups excluding carboxylic acids is 1. The molecular weight excluding hydrogens is 420 g/mol. The number of hydrogen-bond acceptors (Lipinski definition) is 5. The molecule has 0 bridgehead atoms. The Bertz CT molecular complexity index is 1030. The molecule has 2 heterocycles. The molecule has 1 saturated carbocycles. The number of aromatic nitrogens is 3. The number of ether oxygens (including phenoxy) is 1. The Morgan fingerprint density at radius 2 is 1.97 bits per heavy atom. The summed E-state index contributed by atoms with van der Waals surface area (Å²) in [5, 5.41) is 10.5. The van der Waals surface area contributed by atoms with Crippen LogP contribution < -0.4 is 10.1 Å². The quantitative estimate of drug-likeness (QED) is 0.439. The summed E-state index contributed by atoms with van der Waals surface area (Å²) in [7, 11) is 1.66. The van der Waals surface area contributed by atoms with E-state index in [0.29, 0.717) is 5.82 Å². The maximum absolute atomic E-state index is 13.0. The third-order valence-corrected chi connectivity index (χ3v) is 7.14. The molecule has 0 aliphatic heterocycles. The van der Waals surface area contributed by atoms with Crippen LogP contribution in [0.25, 0.3) is 16.4 Å². The molecule has 7 heteroatoms. The van der Waals surface area contributed by atoms with Crippen molar-refractivity contribution in [2.24, 2.45) is 11.8 Å². The zero-order valence-corrected chi connectivity index (χ0v) is 20.0. The van der Waals surface area contributed by atoms with Crippen molar-refractivity contribution < 1.29 is 9.53 Å². The van der Waals surface area contributed by atoms with Crippen molar-refractivity contribution in [3.05, 3.63) is 41.4 Å². The molecule has 1 amide bonds. The Hall–Kier alpha value is -2.67. The van der Waals surface area contributed by atoms with Crippen molar-refractivity contribution in [3.8, 4) is 22.1 Å². The fraction of sp³-hybridized carbons (Fsp3) is 0.480. The van der Waals surface area contributed by atoms with Crippen molar-refractivity contribution in [2.75, 3.05) is 12.4 Å². The van der Waals surface area contributed by atoms with E-state index in [2.05, 4.69) is 17.3 Å². The Labute approximate surface area is 194 Å². The van der Waals surface area contributed by atoms with Gasteiger partial charge in [0.25, 0.3) is 0 Å². The Kier molecular flexibility index (Phi) is 7.25. The van der Waals surface area contributed by atoms with Crippen LogP contribution in [0.5, 0.6) is 5.75 Å². The Balaban J connectivity index is 1.44. The summed E-state index contributed by atoms with van der Waals surface area (Å²) in [5.41, 5.74) is 2.75. The lowest BCUT2D eigenvalue weighted by molar-refractivity contribution is -0.121. The number of methoxy groups -OCH3 is 1. The Morgan fingerprint density at radius 3 is 2.66 bits per heavy atom.